The van der Waals surface area contributed by atoms with E-state index in [0.29, 0.717) is 17.9 Å². The fourth-order valence-electron chi connectivity index (χ4n) is 3.22. The summed E-state index contributed by atoms with van der Waals surface area (Å²) in [5, 5.41) is 25.5. The second-order valence-corrected chi connectivity index (χ2v) is 6.33. The van der Waals surface area contributed by atoms with E-state index in [4.69, 9.17) is 5.73 Å². The molecule has 142 valence electrons. The number of unbranched alkanes of at least 4 members (excludes halogenated alkanes) is 1. The zero-order chi connectivity index (χ0) is 19.6. The number of phenols is 1. The summed E-state index contributed by atoms with van der Waals surface area (Å²) in [6, 6.07) is 10.8. The van der Waals surface area contributed by atoms with Crippen molar-refractivity contribution in [1.29, 1.82) is 0 Å². The first-order valence-corrected chi connectivity index (χ1v) is 8.70. The van der Waals surface area contributed by atoms with Gasteiger partial charge in [0.05, 0.1) is 11.4 Å². The lowest BCUT2D eigenvalue weighted by Gasteiger charge is -2.36. The quantitative estimate of drug-likeness (QED) is 0.515. The second-order valence-electron chi connectivity index (χ2n) is 6.33. The Morgan fingerprint density at radius 1 is 1.22 bits per heavy atom. The molecule has 0 radical (unpaired) electrons. The summed E-state index contributed by atoms with van der Waals surface area (Å²) in [4.78, 5) is 26.0. The van der Waals surface area contributed by atoms with Gasteiger partial charge in [-0.15, -0.1) is 0 Å². The molecule has 1 atom stereocenters. The Labute approximate surface area is 156 Å². The number of fused-ring (bicyclic) bond motifs is 1. The van der Waals surface area contributed by atoms with Crippen molar-refractivity contribution < 1.29 is 19.8 Å². The third-order valence-corrected chi connectivity index (χ3v) is 4.50. The summed E-state index contributed by atoms with van der Waals surface area (Å²) in [5.41, 5.74) is 7.40. The molecule has 0 aliphatic carbocycles. The van der Waals surface area contributed by atoms with Crippen LogP contribution in [-0.4, -0.2) is 28.8 Å². The zero-order valence-electron chi connectivity index (χ0n) is 14.9. The number of hydrogen-bond donors (Lipinski definition) is 5. The molecule has 27 heavy (non-hydrogen) atoms. The molecule has 0 saturated carbocycles. The number of rotatable bonds is 5. The fraction of sp³-hybridized carbons (Fsp3) is 0.263. The minimum atomic E-state index is -1.67. The average molecular weight is 370 g/mol. The number of carboxylic acids is 1. The van der Waals surface area contributed by atoms with Gasteiger partial charge >= 0.3 is 12.0 Å². The van der Waals surface area contributed by atoms with E-state index in [1.807, 2.05) is 6.92 Å². The van der Waals surface area contributed by atoms with Crippen LogP contribution >= 0.6 is 0 Å². The summed E-state index contributed by atoms with van der Waals surface area (Å²) in [6.45, 7) is 2.48. The van der Waals surface area contributed by atoms with E-state index in [-0.39, 0.29) is 11.1 Å². The number of urea groups is 1. The standard InChI is InChI=1S/C19H22N4O4/c1-2-3-11-21-18(27)23-14-9-5-4-8-13(14)22-19(23,20)12-7-6-10-15(24)16(12)17(25)26/h4-10,22,24H,2-3,11,20H2,1H3,(H,21,27)(H,25,26). The van der Waals surface area contributed by atoms with Crippen LogP contribution in [0.4, 0.5) is 16.2 Å². The molecule has 8 heteroatoms. The van der Waals surface area contributed by atoms with Gasteiger partial charge in [0.25, 0.3) is 0 Å². The normalized spacial score (nSPS) is 17.9. The highest BCUT2D eigenvalue weighted by Gasteiger charge is 2.47. The first-order chi connectivity index (χ1) is 12.9. The topological polar surface area (TPSA) is 128 Å². The smallest absolute Gasteiger partial charge is 0.339 e. The molecular weight excluding hydrogens is 348 g/mol. The number of carbonyl (C=O) groups is 2. The molecule has 3 rings (SSSR count). The number of aromatic carboxylic acids is 1. The largest absolute Gasteiger partial charge is 0.507 e. The van der Waals surface area contributed by atoms with Gasteiger partial charge in [-0.1, -0.05) is 37.6 Å². The lowest BCUT2D eigenvalue weighted by Crippen LogP contribution is -2.60. The predicted octanol–water partition coefficient (Wildman–Crippen LogP) is 2.60. The minimum absolute atomic E-state index is 0.0804. The number of anilines is 2. The molecule has 2 aromatic rings. The van der Waals surface area contributed by atoms with Gasteiger partial charge in [-0.2, -0.15) is 0 Å². The van der Waals surface area contributed by atoms with Crippen molar-refractivity contribution in [3.05, 3.63) is 53.6 Å². The highest BCUT2D eigenvalue weighted by atomic mass is 16.4. The molecule has 6 N–H and O–H groups in total. The molecule has 1 heterocycles. The van der Waals surface area contributed by atoms with Crippen LogP contribution in [0.3, 0.4) is 0 Å². The van der Waals surface area contributed by atoms with Crippen LogP contribution in [0.25, 0.3) is 0 Å². The number of nitrogens with two attached hydrogens (primary N) is 1. The lowest BCUT2D eigenvalue weighted by atomic mass is 9.99. The Morgan fingerprint density at radius 3 is 2.67 bits per heavy atom. The van der Waals surface area contributed by atoms with Crippen LogP contribution in [0.1, 0.15) is 35.7 Å². The number of benzene rings is 2. The molecule has 0 bridgehead atoms. The number of para-hydroxylation sites is 2. The molecular formula is C19H22N4O4. The summed E-state index contributed by atoms with van der Waals surface area (Å²) in [6.07, 6.45) is 1.72. The maximum Gasteiger partial charge on any atom is 0.339 e. The maximum absolute atomic E-state index is 12.9. The molecule has 2 aromatic carbocycles. The first kappa shape index (κ1) is 18.5. The highest BCUT2D eigenvalue weighted by molar-refractivity contribution is 6.02. The van der Waals surface area contributed by atoms with Gasteiger partial charge in [0.2, 0.25) is 5.79 Å². The van der Waals surface area contributed by atoms with Crippen LogP contribution in [0.15, 0.2) is 42.5 Å². The van der Waals surface area contributed by atoms with E-state index in [1.54, 1.807) is 24.3 Å². The number of aromatic hydroxyl groups is 1. The van der Waals surface area contributed by atoms with Gasteiger partial charge in [0.1, 0.15) is 11.3 Å². The van der Waals surface area contributed by atoms with Crippen LogP contribution < -0.4 is 21.3 Å². The van der Waals surface area contributed by atoms with Gasteiger partial charge < -0.3 is 20.8 Å². The maximum atomic E-state index is 12.9. The second kappa shape index (κ2) is 7.16. The van der Waals surface area contributed by atoms with Crippen molar-refractivity contribution in [3.63, 3.8) is 0 Å². The highest BCUT2D eigenvalue weighted by Crippen LogP contribution is 2.44. The Hall–Kier alpha value is -3.26. The Balaban J connectivity index is 2.12. The van der Waals surface area contributed by atoms with Crippen LogP contribution in [0.5, 0.6) is 5.75 Å². The third kappa shape index (κ3) is 3.15. The van der Waals surface area contributed by atoms with Crippen molar-refractivity contribution in [2.45, 2.75) is 25.6 Å². The SMILES string of the molecule is CCCCNC(=O)N1c2ccccc2NC1(N)c1cccc(O)c1C(=O)O. The average Bonchev–Trinajstić information content (AvgIpc) is 2.94. The van der Waals surface area contributed by atoms with Crippen molar-refractivity contribution in [3.8, 4) is 5.75 Å². The molecule has 0 fully saturated rings. The van der Waals surface area contributed by atoms with Gasteiger partial charge in [0, 0.05) is 12.1 Å². The third-order valence-electron chi connectivity index (χ3n) is 4.50. The number of hydrogen-bond acceptors (Lipinski definition) is 5. The van der Waals surface area contributed by atoms with Crippen molar-refractivity contribution in [2.75, 3.05) is 16.8 Å². The molecule has 2 amide bonds. The zero-order valence-corrected chi connectivity index (χ0v) is 14.9. The number of amides is 2. The summed E-state index contributed by atoms with van der Waals surface area (Å²) < 4.78 is 0. The van der Waals surface area contributed by atoms with Crippen LogP contribution in [0, 0.1) is 0 Å². The van der Waals surface area contributed by atoms with Gasteiger partial charge in [0.15, 0.2) is 0 Å². The Kier molecular flexibility index (Phi) is 4.91. The molecule has 8 nitrogen and oxygen atoms in total. The van der Waals surface area contributed by atoms with Gasteiger partial charge in [-0.05, 0) is 24.6 Å². The van der Waals surface area contributed by atoms with E-state index in [2.05, 4.69) is 10.6 Å². The number of nitrogens with one attached hydrogen (secondary N) is 2. The number of carboxylic acid groups (broad SMARTS) is 1. The minimum Gasteiger partial charge on any atom is -0.507 e. The van der Waals surface area contributed by atoms with E-state index in [1.165, 1.54) is 23.1 Å². The summed E-state index contributed by atoms with van der Waals surface area (Å²) in [7, 11) is 0. The van der Waals surface area contributed by atoms with Crippen LogP contribution in [0.2, 0.25) is 0 Å². The first-order valence-electron chi connectivity index (χ1n) is 8.70. The summed E-state index contributed by atoms with van der Waals surface area (Å²) in [5.74, 6) is -3.43. The van der Waals surface area contributed by atoms with Gasteiger partial charge in [-0.3, -0.25) is 10.6 Å². The molecule has 1 aliphatic heterocycles. The summed E-state index contributed by atoms with van der Waals surface area (Å²) >= 11 is 0. The molecule has 1 aliphatic rings. The van der Waals surface area contributed by atoms with E-state index < -0.39 is 23.5 Å². The molecule has 1 unspecified atom stereocenters. The monoisotopic (exact) mass is 370 g/mol. The van der Waals surface area contributed by atoms with E-state index in [9.17, 15) is 19.8 Å². The fourth-order valence-corrected chi connectivity index (χ4v) is 3.22. The van der Waals surface area contributed by atoms with Gasteiger partial charge in [-0.25, -0.2) is 9.59 Å². The number of carbonyl (C=O) groups excluding carboxylic acids is 1. The lowest BCUT2D eigenvalue weighted by molar-refractivity contribution is 0.0690. The molecule has 0 spiro atoms. The van der Waals surface area contributed by atoms with Crippen molar-refractivity contribution >= 4 is 23.4 Å². The van der Waals surface area contributed by atoms with Crippen molar-refractivity contribution in [2.24, 2.45) is 5.73 Å². The van der Waals surface area contributed by atoms with Crippen LogP contribution in [-0.2, 0) is 5.79 Å². The van der Waals surface area contributed by atoms with E-state index in [0.717, 1.165) is 12.8 Å². The Bertz CT molecular complexity index is 886. The van der Waals surface area contributed by atoms with Crippen molar-refractivity contribution in [1.82, 2.24) is 5.32 Å². The Morgan fingerprint density at radius 2 is 1.96 bits per heavy atom. The predicted molar refractivity (Wildman–Crippen MR) is 102 cm³/mol. The number of nitrogens with zero attached hydrogens (tertiary/aromatic N) is 1. The molecule has 0 aromatic heterocycles. The van der Waals surface area contributed by atoms with E-state index >= 15 is 0 Å². The molecule has 0 saturated heterocycles.